The minimum Gasteiger partial charge on any atom is -0.462 e. The largest absolute Gasteiger partial charge is 0.462 e. The molecule has 2 rings (SSSR count). The number of hydrogen-bond donors (Lipinski definition) is 1. The Bertz CT molecular complexity index is 430. The Morgan fingerprint density at radius 1 is 1.44 bits per heavy atom. The summed E-state index contributed by atoms with van der Waals surface area (Å²) in [5.41, 5.74) is 5.42. The van der Waals surface area contributed by atoms with Gasteiger partial charge in [-0.15, -0.1) is 0 Å². The maximum absolute atomic E-state index is 13.2. The zero-order chi connectivity index (χ0) is 13.0. The van der Waals surface area contributed by atoms with Crippen molar-refractivity contribution in [2.75, 3.05) is 25.6 Å². The second-order valence-electron chi connectivity index (χ2n) is 4.36. The molecule has 0 amide bonds. The van der Waals surface area contributed by atoms with Gasteiger partial charge in [-0.1, -0.05) is 6.07 Å². The van der Waals surface area contributed by atoms with Crippen LogP contribution >= 0.6 is 0 Å². The van der Waals surface area contributed by atoms with Crippen LogP contribution in [0.2, 0.25) is 0 Å². The molecule has 0 unspecified atom stereocenters. The smallest absolute Gasteiger partial charge is 0.340 e. The number of nitrogen functional groups attached to an aromatic ring is 1. The minimum atomic E-state index is -0.601. The van der Waals surface area contributed by atoms with E-state index in [0.29, 0.717) is 25.7 Å². The maximum Gasteiger partial charge on any atom is 0.340 e. The van der Waals surface area contributed by atoms with Crippen LogP contribution in [0.1, 0.15) is 23.2 Å². The molecule has 1 saturated heterocycles. The fourth-order valence-corrected chi connectivity index (χ4v) is 1.90. The number of carbonyl (C=O) groups excluding carboxylic acids is 1. The van der Waals surface area contributed by atoms with Gasteiger partial charge in [0.25, 0.3) is 0 Å². The Hall–Kier alpha value is -1.62. The van der Waals surface area contributed by atoms with Gasteiger partial charge in [0.1, 0.15) is 5.82 Å². The maximum atomic E-state index is 13.2. The van der Waals surface area contributed by atoms with Crippen molar-refractivity contribution in [2.24, 2.45) is 5.92 Å². The van der Waals surface area contributed by atoms with Crippen molar-refractivity contribution < 1.29 is 18.7 Å². The molecule has 0 spiro atoms. The summed E-state index contributed by atoms with van der Waals surface area (Å²) in [6.07, 6.45) is 1.76. The van der Waals surface area contributed by atoms with Crippen molar-refractivity contribution >= 4 is 11.7 Å². The average Bonchev–Trinajstić information content (AvgIpc) is 2.40. The van der Waals surface area contributed by atoms with Crippen molar-refractivity contribution in [1.82, 2.24) is 0 Å². The number of esters is 1. The highest BCUT2D eigenvalue weighted by Gasteiger charge is 2.18. The summed E-state index contributed by atoms with van der Waals surface area (Å²) in [5, 5.41) is 0. The first-order chi connectivity index (χ1) is 8.68. The Morgan fingerprint density at radius 2 is 2.17 bits per heavy atom. The van der Waals surface area contributed by atoms with Crippen molar-refractivity contribution in [3.63, 3.8) is 0 Å². The number of hydrogen-bond acceptors (Lipinski definition) is 4. The van der Waals surface area contributed by atoms with Gasteiger partial charge >= 0.3 is 5.97 Å². The fraction of sp³-hybridized carbons (Fsp3) is 0.462. The third-order valence-electron chi connectivity index (χ3n) is 3.06. The van der Waals surface area contributed by atoms with Gasteiger partial charge in [0.2, 0.25) is 0 Å². The third kappa shape index (κ3) is 2.98. The molecule has 18 heavy (non-hydrogen) atoms. The van der Waals surface area contributed by atoms with E-state index in [1.165, 1.54) is 18.2 Å². The number of para-hydroxylation sites is 1. The molecule has 0 aromatic heterocycles. The normalized spacial score (nSPS) is 16.5. The second-order valence-corrected chi connectivity index (χ2v) is 4.36. The number of nitrogens with two attached hydrogens (primary N) is 1. The lowest BCUT2D eigenvalue weighted by molar-refractivity contribution is 0.0186. The Balaban J connectivity index is 1.93. The van der Waals surface area contributed by atoms with Crippen LogP contribution in [0.15, 0.2) is 18.2 Å². The van der Waals surface area contributed by atoms with Gasteiger partial charge in [-0.25, -0.2) is 9.18 Å². The van der Waals surface area contributed by atoms with Crippen LogP contribution in [0, 0.1) is 11.7 Å². The predicted molar refractivity (Wildman–Crippen MR) is 64.6 cm³/mol. The molecule has 1 aliphatic heterocycles. The van der Waals surface area contributed by atoms with Gasteiger partial charge in [0.05, 0.1) is 17.9 Å². The Morgan fingerprint density at radius 3 is 2.89 bits per heavy atom. The Labute approximate surface area is 105 Å². The molecular formula is C13H16FNO3. The van der Waals surface area contributed by atoms with Gasteiger partial charge in [-0.2, -0.15) is 0 Å². The number of rotatable bonds is 3. The molecule has 0 saturated carbocycles. The molecule has 0 atom stereocenters. The highest BCUT2D eigenvalue weighted by molar-refractivity contribution is 5.95. The number of ether oxygens (including phenoxy) is 2. The predicted octanol–water partition coefficient (Wildman–Crippen LogP) is 1.99. The number of anilines is 1. The summed E-state index contributed by atoms with van der Waals surface area (Å²) in [6, 6.07) is 4.12. The van der Waals surface area contributed by atoms with Crippen molar-refractivity contribution in [2.45, 2.75) is 12.8 Å². The molecule has 1 fully saturated rings. The lowest BCUT2D eigenvalue weighted by atomic mass is 10.0. The van der Waals surface area contributed by atoms with Crippen LogP contribution in [-0.2, 0) is 9.47 Å². The van der Waals surface area contributed by atoms with E-state index in [9.17, 15) is 9.18 Å². The van der Waals surface area contributed by atoms with E-state index in [0.717, 1.165) is 12.8 Å². The fourth-order valence-electron chi connectivity index (χ4n) is 1.90. The van der Waals surface area contributed by atoms with Gasteiger partial charge in [-0.05, 0) is 30.9 Å². The highest BCUT2D eigenvalue weighted by atomic mass is 19.1. The molecule has 1 aliphatic rings. The van der Waals surface area contributed by atoms with E-state index in [-0.39, 0.29) is 11.3 Å². The van der Waals surface area contributed by atoms with E-state index in [1.54, 1.807) is 0 Å². The van der Waals surface area contributed by atoms with Gasteiger partial charge < -0.3 is 15.2 Å². The summed E-state index contributed by atoms with van der Waals surface area (Å²) >= 11 is 0. The van der Waals surface area contributed by atoms with E-state index < -0.39 is 11.8 Å². The van der Waals surface area contributed by atoms with Gasteiger partial charge in [0, 0.05) is 13.2 Å². The SMILES string of the molecule is Nc1c(F)cccc1C(=O)OCC1CCOCC1. The van der Waals surface area contributed by atoms with Crippen LogP contribution in [0.3, 0.4) is 0 Å². The van der Waals surface area contributed by atoms with Crippen LogP contribution in [0.25, 0.3) is 0 Å². The molecule has 4 nitrogen and oxygen atoms in total. The summed E-state index contributed by atoms with van der Waals surface area (Å²) in [7, 11) is 0. The molecule has 5 heteroatoms. The Kier molecular flexibility index (Phi) is 4.15. The number of benzene rings is 1. The quantitative estimate of drug-likeness (QED) is 0.661. The molecule has 1 heterocycles. The summed E-state index contributed by atoms with van der Waals surface area (Å²) in [6.45, 7) is 1.73. The lowest BCUT2D eigenvalue weighted by Crippen LogP contribution is -2.22. The first kappa shape index (κ1) is 12.8. The zero-order valence-electron chi connectivity index (χ0n) is 10.0. The molecule has 2 N–H and O–H groups in total. The molecule has 1 aromatic carbocycles. The summed E-state index contributed by atoms with van der Waals surface area (Å²) < 4.78 is 23.6. The monoisotopic (exact) mass is 253 g/mol. The van der Waals surface area contributed by atoms with E-state index in [1.807, 2.05) is 0 Å². The van der Waals surface area contributed by atoms with Gasteiger partial charge in [0.15, 0.2) is 0 Å². The van der Waals surface area contributed by atoms with E-state index in [4.69, 9.17) is 15.2 Å². The van der Waals surface area contributed by atoms with Crippen molar-refractivity contribution in [3.05, 3.63) is 29.6 Å². The van der Waals surface area contributed by atoms with Crippen LogP contribution < -0.4 is 5.73 Å². The number of halogens is 1. The molecule has 98 valence electrons. The lowest BCUT2D eigenvalue weighted by Gasteiger charge is -2.21. The minimum absolute atomic E-state index is 0.0852. The topological polar surface area (TPSA) is 61.6 Å². The van der Waals surface area contributed by atoms with Crippen LogP contribution in [0.5, 0.6) is 0 Å². The molecule has 0 bridgehead atoms. The zero-order valence-corrected chi connectivity index (χ0v) is 10.0. The van der Waals surface area contributed by atoms with E-state index in [2.05, 4.69) is 0 Å². The third-order valence-corrected chi connectivity index (χ3v) is 3.06. The van der Waals surface area contributed by atoms with Crippen LogP contribution in [0.4, 0.5) is 10.1 Å². The number of carbonyl (C=O) groups is 1. The standard InChI is InChI=1S/C13H16FNO3/c14-11-3-1-2-10(12(11)15)13(16)18-8-9-4-6-17-7-5-9/h1-3,9H,4-8,15H2. The second kappa shape index (κ2) is 5.82. The summed E-state index contributed by atoms with van der Waals surface area (Å²) in [5.74, 6) is -0.855. The molecule has 0 radical (unpaired) electrons. The molecule has 0 aliphatic carbocycles. The average molecular weight is 253 g/mol. The summed E-state index contributed by atoms with van der Waals surface area (Å²) in [4.78, 5) is 11.8. The molecular weight excluding hydrogens is 237 g/mol. The molecule has 1 aromatic rings. The highest BCUT2D eigenvalue weighted by Crippen LogP contribution is 2.19. The van der Waals surface area contributed by atoms with Crippen molar-refractivity contribution in [1.29, 1.82) is 0 Å². The van der Waals surface area contributed by atoms with E-state index >= 15 is 0 Å². The first-order valence-electron chi connectivity index (χ1n) is 5.97. The van der Waals surface area contributed by atoms with Crippen molar-refractivity contribution in [3.8, 4) is 0 Å². The van der Waals surface area contributed by atoms with Gasteiger partial charge in [-0.3, -0.25) is 0 Å². The van der Waals surface area contributed by atoms with Crippen LogP contribution in [-0.4, -0.2) is 25.8 Å². The first-order valence-corrected chi connectivity index (χ1v) is 5.97.